The molecule has 1 amide bonds. The highest BCUT2D eigenvalue weighted by atomic mass is 19.1. The van der Waals surface area contributed by atoms with Crippen molar-refractivity contribution in [3.63, 3.8) is 0 Å². The molecule has 0 bridgehead atoms. The van der Waals surface area contributed by atoms with Crippen molar-refractivity contribution in [3.8, 4) is 5.75 Å². The minimum atomic E-state index is -1.25. The van der Waals surface area contributed by atoms with E-state index in [1.807, 2.05) is 0 Å². The molecule has 32 heavy (non-hydrogen) atoms. The molecule has 1 aliphatic rings. The maximum atomic E-state index is 15.0. The molecular formula is C23H27FN4O4. The van der Waals surface area contributed by atoms with Crippen molar-refractivity contribution >= 4 is 29.2 Å². The second kappa shape index (κ2) is 7.81. The second-order valence-corrected chi connectivity index (χ2v) is 8.48. The molecule has 0 aliphatic carbocycles. The molecule has 0 saturated heterocycles. The molecule has 1 unspecified atom stereocenters. The highest BCUT2D eigenvalue weighted by molar-refractivity contribution is 6.01. The molecule has 4 N–H and O–H groups in total. The number of hydrogen-bond donors (Lipinski definition) is 3. The Balaban J connectivity index is 2.11. The van der Waals surface area contributed by atoms with Crippen LogP contribution in [0.4, 0.5) is 15.8 Å². The predicted molar refractivity (Wildman–Crippen MR) is 120 cm³/mol. The van der Waals surface area contributed by atoms with E-state index < -0.39 is 22.7 Å². The number of nitrogens with two attached hydrogens (primary N) is 1. The quantitative estimate of drug-likeness (QED) is 0.651. The third-order valence-corrected chi connectivity index (χ3v) is 6.35. The number of carboxylic acid groups (broad SMARTS) is 1. The van der Waals surface area contributed by atoms with Crippen LogP contribution in [0, 0.1) is 18.2 Å². The number of carboxylic acids is 1. The Labute approximate surface area is 185 Å². The van der Waals surface area contributed by atoms with Gasteiger partial charge in [-0.3, -0.25) is 9.69 Å². The number of halogens is 1. The van der Waals surface area contributed by atoms with E-state index in [0.29, 0.717) is 22.7 Å². The Morgan fingerprint density at radius 2 is 1.91 bits per heavy atom. The van der Waals surface area contributed by atoms with E-state index in [-0.39, 0.29) is 23.0 Å². The van der Waals surface area contributed by atoms with E-state index in [9.17, 15) is 14.7 Å². The summed E-state index contributed by atoms with van der Waals surface area (Å²) in [4.78, 5) is 30.1. The standard InChI is InChI=1S/C23H27FN4O4/c1-12-14(19(29)30)8-10-17(18(12)32-6)26-13-7-9-16(24)15(11-13)23(4)22(2,3)20(31)28(5)21(25)27-23/h7-11,26H,1-6H3,(H2,25,27)(H,29,30). The number of guanidine groups is 1. The lowest BCUT2D eigenvalue weighted by atomic mass is 9.67. The fourth-order valence-corrected chi connectivity index (χ4v) is 3.99. The minimum absolute atomic E-state index is 0.0103. The van der Waals surface area contributed by atoms with Gasteiger partial charge >= 0.3 is 5.97 Å². The number of benzene rings is 2. The summed E-state index contributed by atoms with van der Waals surface area (Å²) in [5, 5.41) is 12.5. The molecule has 0 radical (unpaired) electrons. The number of hydrogen-bond acceptors (Lipinski definition) is 6. The van der Waals surface area contributed by atoms with Gasteiger partial charge in [-0.15, -0.1) is 0 Å². The molecule has 1 heterocycles. The predicted octanol–water partition coefficient (Wildman–Crippen LogP) is 3.61. The SMILES string of the molecule is COc1c(Nc2ccc(F)c(C3(C)N=C(N)N(C)C(=O)C3(C)C)c2)ccc(C(=O)O)c1C. The van der Waals surface area contributed by atoms with E-state index in [2.05, 4.69) is 10.3 Å². The molecule has 3 rings (SSSR count). The van der Waals surface area contributed by atoms with E-state index in [0.717, 1.165) is 0 Å². The molecule has 0 saturated carbocycles. The highest BCUT2D eigenvalue weighted by Gasteiger charge is 2.53. The van der Waals surface area contributed by atoms with Gasteiger partial charge < -0.3 is 20.9 Å². The number of anilines is 2. The van der Waals surface area contributed by atoms with Gasteiger partial charge in [-0.2, -0.15) is 0 Å². The Bertz CT molecular complexity index is 1150. The summed E-state index contributed by atoms with van der Waals surface area (Å²) in [6.07, 6.45) is 0. The summed E-state index contributed by atoms with van der Waals surface area (Å²) in [5.41, 5.74) is 5.45. The first-order chi connectivity index (χ1) is 14.8. The van der Waals surface area contributed by atoms with E-state index in [1.165, 1.54) is 31.2 Å². The number of methoxy groups -OCH3 is 1. The Morgan fingerprint density at radius 3 is 2.50 bits per heavy atom. The summed E-state index contributed by atoms with van der Waals surface area (Å²) < 4.78 is 20.4. The minimum Gasteiger partial charge on any atom is -0.494 e. The third-order valence-electron chi connectivity index (χ3n) is 6.35. The molecule has 0 aromatic heterocycles. The summed E-state index contributed by atoms with van der Waals surface area (Å²) in [6, 6.07) is 7.46. The van der Waals surface area contributed by atoms with Crippen molar-refractivity contribution in [2.75, 3.05) is 19.5 Å². The van der Waals surface area contributed by atoms with Crippen LogP contribution in [0.2, 0.25) is 0 Å². The molecule has 9 heteroatoms. The van der Waals surface area contributed by atoms with Crippen molar-refractivity contribution in [2.24, 2.45) is 16.1 Å². The number of ether oxygens (including phenoxy) is 1. The molecular weight excluding hydrogens is 415 g/mol. The van der Waals surface area contributed by atoms with Crippen LogP contribution in [0.3, 0.4) is 0 Å². The van der Waals surface area contributed by atoms with Crippen LogP contribution in [0.15, 0.2) is 35.3 Å². The van der Waals surface area contributed by atoms with Gasteiger partial charge in [-0.1, -0.05) is 0 Å². The number of carbonyl (C=O) groups is 2. The molecule has 1 atom stereocenters. The second-order valence-electron chi connectivity index (χ2n) is 8.48. The largest absolute Gasteiger partial charge is 0.494 e. The van der Waals surface area contributed by atoms with Gasteiger partial charge in [0.25, 0.3) is 0 Å². The van der Waals surface area contributed by atoms with Crippen molar-refractivity contribution in [2.45, 2.75) is 33.2 Å². The van der Waals surface area contributed by atoms with Crippen molar-refractivity contribution in [1.82, 2.24) is 4.90 Å². The van der Waals surface area contributed by atoms with Gasteiger partial charge in [0.1, 0.15) is 17.1 Å². The van der Waals surface area contributed by atoms with Crippen LogP contribution in [0.25, 0.3) is 0 Å². The van der Waals surface area contributed by atoms with Crippen LogP contribution >= 0.6 is 0 Å². The number of nitrogens with zero attached hydrogens (tertiary/aromatic N) is 2. The van der Waals surface area contributed by atoms with Crippen LogP contribution in [0.5, 0.6) is 5.75 Å². The Kier molecular flexibility index (Phi) is 5.63. The molecule has 2 aromatic rings. The molecule has 8 nitrogen and oxygen atoms in total. The Morgan fingerprint density at radius 1 is 1.25 bits per heavy atom. The normalized spacial score (nSPS) is 20.0. The highest BCUT2D eigenvalue weighted by Crippen LogP contribution is 2.48. The van der Waals surface area contributed by atoms with Crippen LogP contribution in [0.1, 0.15) is 42.3 Å². The number of carbonyl (C=O) groups excluding carboxylic acids is 1. The smallest absolute Gasteiger partial charge is 0.336 e. The summed E-state index contributed by atoms with van der Waals surface area (Å²) in [7, 11) is 2.98. The fraction of sp³-hybridized carbons (Fsp3) is 0.348. The summed E-state index contributed by atoms with van der Waals surface area (Å²) in [6.45, 7) is 6.74. The average Bonchev–Trinajstić information content (AvgIpc) is 2.72. The number of aromatic carboxylic acids is 1. The van der Waals surface area contributed by atoms with Crippen molar-refractivity contribution in [1.29, 1.82) is 0 Å². The lowest BCUT2D eigenvalue weighted by molar-refractivity contribution is -0.140. The van der Waals surface area contributed by atoms with E-state index in [1.54, 1.807) is 45.9 Å². The van der Waals surface area contributed by atoms with Crippen molar-refractivity contribution in [3.05, 3.63) is 52.8 Å². The Hall–Kier alpha value is -3.62. The maximum absolute atomic E-state index is 15.0. The molecule has 2 aromatic carbocycles. The van der Waals surface area contributed by atoms with Gasteiger partial charge in [0, 0.05) is 23.9 Å². The van der Waals surface area contributed by atoms with Gasteiger partial charge in [0.2, 0.25) is 5.91 Å². The van der Waals surface area contributed by atoms with E-state index >= 15 is 4.39 Å². The number of rotatable bonds is 5. The zero-order valence-electron chi connectivity index (χ0n) is 18.9. The number of aliphatic imine (C=N–C) groups is 1. The first kappa shape index (κ1) is 23.1. The van der Waals surface area contributed by atoms with Crippen LogP contribution in [-0.4, -0.2) is 42.0 Å². The zero-order valence-corrected chi connectivity index (χ0v) is 18.9. The van der Waals surface area contributed by atoms with Gasteiger partial charge in [0.15, 0.2) is 5.96 Å². The lowest BCUT2D eigenvalue weighted by Crippen LogP contribution is -2.58. The van der Waals surface area contributed by atoms with Crippen LogP contribution < -0.4 is 15.8 Å². The van der Waals surface area contributed by atoms with Crippen LogP contribution in [-0.2, 0) is 10.3 Å². The zero-order chi connectivity index (χ0) is 24.0. The monoisotopic (exact) mass is 442 g/mol. The average molecular weight is 442 g/mol. The van der Waals surface area contributed by atoms with Crippen molar-refractivity contribution < 1.29 is 23.8 Å². The number of amides is 1. The van der Waals surface area contributed by atoms with E-state index in [4.69, 9.17) is 10.5 Å². The topological polar surface area (TPSA) is 117 Å². The third kappa shape index (κ3) is 3.43. The lowest BCUT2D eigenvalue weighted by Gasteiger charge is -2.46. The molecule has 0 fully saturated rings. The first-order valence-corrected chi connectivity index (χ1v) is 9.96. The first-order valence-electron chi connectivity index (χ1n) is 9.96. The molecule has 170 valence electrons. The summed E-state index contributed by atoms with van der Waals surface area (Å²) >= 11 is 0. The van der Waals surface area contributed by atoms with Gasteiger partial charge in [-0.25, -0.2) is 14.2 Å². The maximum Gasteiger partial charge on any atom is 0.336 e. The number of nitrogens with one attached hydrogen (secondary N) is 1. The summed E-state index contributed by atoms with van der Waals surface area (Å²) in [5.74, 6) is -1.49. The molecule has 1 aliphatic heterocycles. The molecule has 0 spiro atoms. The fourth-order valence-electron chi connectivity index (χ4n) is 3.99. The van der Waals surface area contributed by atoms with Gasteiger partial charge in [-0.05, 0) is 58.0 Å². The van der Waals surface area contributed by atoms with Gasteiger partial charge in [0.05, 0.1) is 23.8 Å².